The zero-order chi connectivity index (χ0) is 23.7. The zero-order valence-electron chi connectivity index (χ0n) is 18.0. The molecule has 32 heavy (non-hydrogen) atoms. The van der Waals surface area contributed by atoms with Gasteiger partial charge in [0.1, 0.15) is 0 Å². The van der Waals surface area contributed by atoms with E-state index in [-0.39, 0.29) is 12.1 Å². The number of ether oxygens (including phenoxy) is 3. The summed E-state index contributed by atoms with van der Waals surface area (Å²) in [7, 11) is 0. The topological polar surface area (TPSA) is 85.9 Å². The van der Waals surface area contributed by atoms with Crippen LogP contribution in [0.4, 0.5) is 18.9 Å². The fourth-order valence-electron chi connectivity index (χ4n) is 2.71. The Morgan fingerprint density at radius 2 is 1.41 bits per heavy atom. The number of hydrogen-bond donors (Lipinski definition) is 2. The van der Waals surface area contributed by atoms with Gasteiger partial charge in [0, 0.05) is 17.8 Å². The van der Waals surface area contributed by atoms with Crippen LogP contribution in [0.25, 0.3) is 0 Å². The summed E-state index contributed by atoms with van der Waals surface area (Å²) in [5, 5.41) is 4.49. The summed E-state index contributed by atoms with van der Waals surface area (Å²) in [5.74, 6) is -1.28. The van der Waals surface area contributed by atoms with Crippen LogP contribution in [-0.2, 0) is 11.3 Å². The average molecular weight is 454 g/mol. The molecule has 174 valence electrons. The van der Waals surface area contributed by atoms with Gasteiger partial charge in [0.2, 0.25) is 5.75 Å². The van der Waals surface area contributed by atoms with E-state index in [0.717, 1.165) is 0 Å². The van der Waals surface area contributed by atoms with E-state index in [2.05, 4.69) is 5.32 Å². The molecule has 2 aromatic rings. The first kappa shape index (κ1) is 24.8. The number of nitrogens with one attached hydrogen (secondary N) is 2. The molecule has 0 unspecified atom stereocenters. The molecular weight excluding hydrogens is 429 g/mol. The molecule has 0 aliphatic heterocycles. The first-order chi connectivity index (χ1) is 15.2. The number of halogens is 3. The summed E-state index contributed by atoms with van der Waals surface area (Å²) in [6.07, 6.45) is -4.94. The molecule has 0 radical (unpaired) electrons. The molecule has 0 atom stereocenters. The highest BCUT2D eigenvalue weighted by Gasteiger charge is 2.38. The first-order valence-electron chi connectivity index (χ1n) is 10.0. The number of alkyl halides is 3. The molecule has 7 nitrogen and oxygen atoms in total. The third-order valence-corrected chi connectivity index (χ3v) is 4.09. The maximum atomic E-state index is 12.8. The van der Waals surface area contributed by atoms with Crippen LogP contribution in [0.15, 0.2) is 36.4 Å². The van der Waals surface area contributed by atoms with Gasteiger partial charge in [-0.2, -0.15) is 13.2 Å². The SMILES string of the molecule is CCOc1cc(C(=O)Nc2ccc(CNC(=O)C(F)(F)F)cc2)cc(OCC)c1OCC. The zero-order valence-corrected chi connectivity index (χ0v) is 18.0. The average Bonchev–Trinajstić information content (AvgIpc) is 2.74. The molecule has 2 N–H and O–H groups in total. The van der Waals surface area contributed by atoms with Gasteiger partial charge in [-0.15, -0.1) is 0 Å². The van der Waals surface area contributed by atoms with E-state index in [0.29, 0.717) is 48.3 Å². The molecule has 0 aromatic heterocycles. The van der Waals surface area contributed by atoms with Crippen molar-refractivity contribution in [2.45, 2.75) is 33.5 Å². The molecule has 0 aliphatic carbocycles. The molecule has 10 heteroatoms. The first-order valence-corrected chi connectivity index (χ1v) is 10.0. The number of amides is 2. The predicted molar refractivity (Wildman–Crippen MR) is 112 cm³/mol. The maximum Gasteiger partial charge on any atom is 0.471 e. The van der Waals surface area contributed by atoms with Crippen LogP contribution in [0.2, 0.25) is 0 Å². The van der Waals surface area contributed by atoms with Crippen LogP contribution >= 0.6 is 0 Å². The Labute approximate surface area is 183 Å². The fraction of sp³-hybridized carbons (Fsp3) is 0.364. The maximum absolute atomic E-state index is 12.8. The molecule has 0 bridgehead atoms. The second kappa shape index (κ2) is 11.3. The van der Waals surface area contributed by atoms with Crippen molar-refractivity contribution < 1.29 is 37.0 Å². The van der Waals surface area contributed by atoms with E-state index in [1.165, 1.54) is 24.3 Å². The van der Waals surface area contributed by atoms with Crippen molar-refractivity contribution in [3.63, 3.8) is 0 Å². The third-order valence-electron chi connectivity index (χ3n) is 4.09. The molecular formula is C22H25F3N2O5. The van der Waals surface area contributed by atoms with Gasteiger partial charge < -0.3 is 24.8 Å². The van der Waals surface area contributed by atoms with Crippen molar-refractivity contribution in [1.82, 2.24) is 5.32 Å². The fourth-order valence-corrected chi connectivity index (χ4v) is 2.71. The summed E-state index contributed by atoms with van der Waals surface area (Å²) in [5.41, 5.74) is 1.14. The molecule has 0 fully saturated rings. The molecule has 2 aromatic carbocycles. The number of anilines is 1. The minimum absolute atomic E-state index is 0.280. The number of hydrogen-bond acceptors (Lipinski definition) is 5. The Morgan fingerprint density at radius 3 is 1.88 bits per heavy atom. The van der Waals surface area contributed by atoms with Crippen LogP contribution in [0.5, 0.6) is 17.2 Å². The highest BCUT2D eigenvalue weighted by atomic mass is 19.4. The van der Waals surface area contributed by atoms with Gasteiger partial charge in [0.15, 0.2) is 11.5 Å². The second-order valence-corrected chi connectivity index (χ2v) is 6.43. The van der Waals surface area contributed by atoms with Crippen LogP contribution in [0, 0.1) is 0 Å². The van der Waals surface area contributed by atoms with E-state index < -0.39 is 18.0 Å². The lowest BCUT2D eigenvalue weighted by atomic mass is 10.1. The highest BCUT2D eigenvalue weighted by molar-refractivity contribution is 6.05. The van der Waals surface area contributed by atoms with Crippen molar-refractivity contribution >= 4 is 17.5 Å². The molecule has 0 heterocycles. The van der Waals surface area contributed by atoms with Crippen molar-refractivity contribution in [2.24, 2.45) is 0 Å². The monoisotopic (exact) mass is 454 g/mol. The lowest BCUT2D eigenvalue weighted by molar-refractivity contribution is -0.173. The van der Waals surface area contributed by atoms with E-state index in [1.807, 2.05) is 20.8 Å². The van der Waals surface area contributed by atoms with E-state index in [4.69, 9.17) is 14.2 Å². The molecule has 2 amide bonds. The van der Waals surface area contributed by atoms with Crippen molar-refractivity contribution in [3.05, 3.63) is 47.5 Å². The van der Waals surface area contributed by atoms with Gasteiger partial charge in [-0.25, -0.2) is 0 Å². The summed E-state index contributed by atoms with van der Waals surface area (Å²) >= 11 is 0. The normalized spacial score (nSPS) is 10.9. The number of benzene rings is 2. The van der Waals surface area contributed by atoms with Gasteiger partial charge in [-0.1, -0.05) is 12.1 Å². The van der Waals surface area contributed by atoms with E-state index in [1.54, 1.807) is 17.4 Å². The predicted octanol–water partition coefficient (Wildman–Crippen LogP) is 4.31. The third kappa shape index (κ3) is 6.79. The van der Waals surface area contributed by atoms with Crippen LogP contribution in [0.1, 0.15) is 36.7 Å². The summed E-state index contributed by atoms with van der Waals surface area (Å²) in [4.78, 5) is 23.7. The lowest BCUT2D eigenvalue weighted by Crippen LogP contribution is -2.36. The smallest absolute Gasteiger partial charge is 0.471 e. The van der Waals surface area contributed by atoms with Gasteiger partial charge >= 0.3 is 12.1 Å². The largest absolute Gasteiger partial charge is 0.490 e. The van der Waals surface area contributed by atoms with Gasteiger partial charge in [0.25, 0.3) is 5.91 Å². The molecule has 0 saturated heterocycles. The number of rotatable bonds is 10. The van der Waals surface area contributed by atoms with Crippen LogP contribution in [-0.4, -0.2) is 37.8 Å². The summed E-state index contributed by atoms with van der Waals surface area (Å²) < 4.78 is 53.6. The lowest BCUT2D eigenvalue weighted by Gasteiger charge is -2.17. The second-order valence-electron chi connectivity index (χ2n) is 6.43. The molecule has 2 rings (SSSR count). The van der Waals surface area contributed by atoms with Gasteiger partial charge in [-0.3, -0.25) is 9.59 Å². The van der Waals surface area contributed by atoms with Crippen molar-refractivity contribution in [3.8, 4) is 17.2 Å². The quantitative estimate of drug-likeness (QED) is 0.559. The van der Waals surface area contributed by atoms with Gasteiger partial charge in [-0.05, 0) is 50.6 Å². The summed E-state index contributed by atoms with van der Waals surface area (Å²) in [6, 6.07) is 9.15. The van der Waals surface area contributed by atoms with E-state index in [9.17, 15) is 22.8 Å². The minimum Gasteiger partial charge on any atom is -0.490 e. The van der Waals surface area contributed by atoms with E-state index >= 15 is 0 Å². The molecule has 0 spiro atoms. The summed E-state index contributed by atoms with van der Waals surface area (Å²) in [6.45, 7) is 6.27. The molecule has 0 aliphatic rings. The van der Waals surface area contributed by atoms with Crippen molar-refractivity contribution in [1.29, 1.82) is 0 Å². The standard InChI is InChI=1S/C22H25F3N2O5/c1-4-30-17-11-15(12-18(31-5-2)19(17)32-6-3)20(28)27-16-9-7-14(8-10-16)13-26-21(29)22(23,24)25/h7-12H,4-6,13H2,1-3H3,(H,26,29)(H,27,28). The number of carbonyl (C=O) groups is 2. The highest BCUT2D eigenvalue weighted by Crippen LogP contribution is 2.39. The van der Waals surface area contributed by atoms with Gasteiger partial charge in [0.05, 0.1) is 19.8 Å². The Balaban J connectivity index is 2.15. The van der Waals surface area contributed by atoms with Crippen LogP contribution < -0.4 is 24.8 Å². The Morgan fingerprint density at radius 1 is 0.875 bits per heavy atom. The van der Waals surface area contributed by atoms with Crippen LogP contribution in [0.3, 0.4) is 0 Å². The minimum atomic E-state index is -4.94. The number of carbonyl (C=O) groups excluding carboxylic acids is 2. The Kier molecular flexibility index (Phi) is 8.74. The molecule has 0 saturated carbocycles. The van der Waals surface area contributed by atoms with Crippen molar-refractivity contribution in [2.75, 3.05) is 25.1 Å². The Hall–Kier alpha value is -3.43. The Bertz CT molecular complexity index is 903.